The van der Waals surface area contributed by atoms with E-state index in [1.807, 2.05) is 6.92 Å². The molecule has 0 aliphatic carbocycles. The van der Waals surface area contributed by atoms with Gasteiger partial charge in [0, 0.05) is 0 Å². The predicted octanol–water partition coefficient (Wildman–Crippen LogP) is -0.187. The fourth-order valence-corrected chi connectivity index (χ4v) is 1.01. The smallest absolute Gasteiger partial charge is 0.237 e. The topological polar surface area (TPSA) is 94.0 Å². The standard InChI is InChI=1S/C8H14N4O2/c1-2-3-6(9)8(13)10-4-7-11-5-14-12-7/h5-6H,2-4,9H2,1H3,(H,10,13). The van der Waals surface area contributed by atoms with Crippen LogP contribution in [0.3, 0.4) is 0 Å². The van der Waals surface area contributed by atoms with E-state index in [1.165, 1.54) is 6.39 Å². The van der Waals surface area contributed by atoms with Gasteiger partial charge < -0.3 is 15.6 Å². The fourth-order valence-electron chi connectivity index (χ4n) is 1.01. The molecule has 1 aromatic heterocycles. The van der Waals surface area contributed by atoms with Gasteiger partial charge in [-0.25, -0.2) is 0 Å². The molecule has 1 heterocycles. The molecule has 0 bridgehead atoms. The average Bonchev–Trinajstić information content (AvgIpc) is 2.67. The summed E-state index contributed by atoms with van der Waals surface area (Å²) in [5.74, 6) is 0.263. The fraction of sp³-hybridized carbons (Fsp3) is 0.625. The summed E-state index contributed by atoms with van der Waals surface area (Å²) in [6.07, 6.45) is 2.78. The third kappa shape index (κ3) is 3.14. The maximum atomic E-state index is 11.3. The van der Waals surface area contributed by atoms with Gasteiger partial charge in [0.15, 0.2) is 5.82 Å². The zero-order valence-corrected chi connectivity index (χ0v) is 8.06. The van der Waals surface area contributed by atoms with Crippen molar-refractivity contribution in [3.8, 4) is 0 Å². The Kier molecular flexibility index (Phi) is 4.06. The average molecular weight is 198 g/mol. The monoisotopic (exact) mass is 198 g/mol. The molecule has 6 nitrogen and oxygen atoms in total. The Balaban J connectivity index is 2.27. The highest BCUT2D eigenvalue weighted by molar-refractivity contribution is 5.81. The van der Waals surface area contributed by atoms with E-state index in [0.29, 0.717) is 12.2 Å². The summed E-state index contributed by atoms with van der Waals surface area (Å²) in [6, 6.07) is -0.452. The van der Waals surface area contributed by atoms with Crippen molar-refractivity contribution in [2.75, 3.05) is 0 Å². The first-order chi connectivity index (χ1) is 6.74. The summed E-state index contributed by atoms with van der Waals surface area (Å²) < 4.78 is 4.51. The van der Waals surface area contributed by atoms with Gasteiger partial charge in [-0.15, -0.1) is 0 Å². The second-order valence-electron chi connectivity index (χ2n) is 2.96. The molecule has 0 fully saturated rings. The molecular weight excluding hydrogens is 184 g/mol. The Morgan fingerprint density at radius 2 is 2.57 bits per heavy atom. The van der Waals surface area contributed by atoms with Crippen LogP contribution in [0.4, 0.5) is 0 Å². The molecule has 3 N–H and O–H groups in total. The van der Waals surface area contributed by atoms with Crippen molar-refractivity contribution in [1.29, 1.82) is 0 Å². The Morgan fingerprint density at radius 3 is 3.14 bits per heavy atom. The van der Waals surface area contributed by atoms with Crippen molar-refractivity contribution in [2.45, 2.75) is 32.4 Å². The van der Waals surface area contributed by atoms with Crippen LogP contribution in [0, 0.1) is 0 Å². The minimum Gasteiger partial charge on any atom is -0.347 e. The van der Waals surface area contributed by atoms with Crippen LogP contribution in [0.25, 0.3) is 0 Å². The summed E-state index contributed by atoms with van der Waals surface area (Å²) in [4.78, 5) is 15.1. The number of aromatic nitrogens is 2. The van der Waals surface area contributed by atoms with Crippen molar-refractivity contribution in [3.05, 3.63) is 12.2 Å². The van der Waals surface area contributed by atoms with Crippen LogP contribution < -0.4 is 11.1 Å². The zero-order chi connectivity index (χ0) is 10.4. The lowest BCUT2D eigenvalue weighted by Gasteiger charge is -2.09. The van der Waals surface area contributed by atoms with E-state index >= 15 is 0 Å². The van der Waals surface area contributed by atoms with Gasteiger partial charge in [-0.2, -0.15) is 4.98 Å². The molecule has 1 rings (SSSR count). The van der Waals surface area contributed by atoms with Crippen molar-refractivity contribution in [3.63, 3.8) is 0 Å². The van der Waals surface area contributed by atoms with Gasteiger partial charge >= 0.3 is 0 Å². The molecule has 0 saturated carbocycles. The van der Waals surface area contributed by atoms with Crippen LogP contribution in [0.2, 0.25) is 0 Å². The van der Waals surface area contributed by atoms with E-state index < -0.39 is 6.04 Å². The molecule has 1 unspecified atom stereocenters. The van der Waals surface area contributed by atoms with Gasteiger partial charge in [0.25, 0.3) is 0 Å². The molecule has 0 aromatic carbocycles. The van der Waals surface area contributed by atoms with Crippen molar-refractivity contribution in [1.82, 2.24) is 15.5 Å². The summed E-state index contributed by atoms with van der Waals surface area (Å²) in [5, 5.41) is 6.17. The maximum absolute atomic E-state index is 11.3. The lowest BCUT2D eigenvalue weighted by Crippen LogP contribution is -2.40. The molecule has 1 aromatic rings. The third-order valence-electron chi connectivity index (χ3n) is 1.76. The molecule has 0 saturated heterocycles. The summed E-state index contributed by atoms with van der Waals surface area (Å²) >= 11 is 0. The summed E-state index contributed by atoms with van der Waals surface area (Å²) in [5.41, 5.74) is 5.59. The summed E-state index contributed by atoms with van der Waals surface area (Å²) in [7, 11) is 0. The molecular formula is C8H14N4O2. The number of rotatable bonds is 5. The Morgan fingerprint density at radius 1 is 1.79 bits per heavy atom. The normalized spacial score (nSPS) is 12.4. The lowest BCUT2D eigenvalue weighted by atomic mass is 10.2. The van der Waals surface area contributed by atoms with Gasteiger partial charge in [0.2, 0.25) is 12.3 Å². The van der Waals surface area contributed by atoms with E-state index in [0.717, 1.165) is 6.42 Å². The predicted molar refractivity (Wildman–Crippen MR) is 49.0 cm³/mol. The molecule has 1 amide bonds. The Labute approximate surface area is 81.9 Å². The minimum atomic E-state index is -0.452. The first kappa shape index (κ1) is 10.6. The van der Waals surface area contributed by atoms with Crippen LogP contribution in [-0.4, -0.2) is 22.1 Å². The Hall–Kier alpha value is -1.43. The molecule has 14 heavy (non-hydrogen) atoms. The highest BCUT2D eigenvalue weighted by Gasteiger charge is 2.12. The van der Waals surface area contributed by atoms with E-state index in [1.54, 1.807) is 0 Å². The van der Waals surface area contributed by atoms with E-state index in [4.69, 9.17) is 5.73 Å². The molecule has 1 atom stereocenters. The highest BCUT2D eigenvalue weighted by atomic mass is 16.5. The number of nitrogens with one attached hydrogen (secondary N) is 1. The molecule has 0 aliphatic heterocycles. The summed E-state index contributed by atoms with van der Waals surface area (Å²) in [6.45, 7) is 2.24. The maximum Gasteiger partial charge on any atom is 0.237 e. The van der Waals surface area contributed by atoms with Crippen LogP contribution in [0.5, 0.6) is 0 Å². The van der Waals surface area contributed by atoms with Gasteiger partial charge in [-0.05, 0) is 6.42 Å². The Bertz CT molecular complexity index is 273. The first-order valence-electron chi connectivity index (χ1n) is 4.52. The lowest BCUT2D eigenvalue weighted by molar-refractivity contribution is -0.122. The number of carbonyl (C=O) groups is 1. The van der Waals surface area contributed by atoms with E-state index in [9.17, 15) is 4.79 Å². The van der Waals surface area contributed by atoms with E-state index in [2.05, 4.69) is 20.0 Å². The number of amides is 1. The number of nitrogens with two attached hydrogens (primary N) is 1. The van der Waals surface area contributed by atoms with Gasteiger partial charge in [-0.3, -0.25) is 4.79 Å². The molecule has 6 heteroatoms. The number of carbonyl (C=O) groups excluding carboxylic acids is 1. The first-order valence-corrected chi connectivity index (χ1v) is 4.52. The highest BCUT2D eigenvalue weighted by Crippen LogP contribution is 1.94. The third-order valence-corrected chi connectivity index (χ3v) is 1.76. The van der Waals surface area contributed by atoms with Crippen LogP contribution in [0.1, 0.15) is 25.6 Å². The SMILES string of the molecule is CCCC(N)C(=O)NCc1ncon1. The van der Waals surface area contributed by atoms with Gasteiger partial charge in [-0.1, -0.05) is 18.5 Å². The van der Waals surface area contributed by atoms with Crippen LogP contribution in [0.15, 0.2) is 10.9 Å². The van der Waals surface area contributed by atoms with Crippen LogP contribution >= 0.6 is 0 Å². The number of nitrogens with zero attached hydrogens (tertiary/aromatic N) is 2. The van der Waals surface area contributed by atoms with E-state index in [-0.39, 0.29) is 12.5 Å². The molecule has 78 valence electrons. The van der Waals surface area contributed by atoms with Crippen molar-refractivity contribution >= 4 is 5.91 Å². The molecule has 0 aliphatic rings. The van der Waals surface area contributed by atoms with Crippen LogP contribution in [-0.2, 0) is 11.3 Å². The molecule has 0 spiro atoms. The second-order valence-corrected chi connectivity index (χ2v) is 2.96. The minimum absolute atomic E-state index is 0.184. The largest absolute Gasteiger partial charge is 0.347 e. The van der Waals surface area contributed by atoms with Crippen molar-refractivity contribution < 1.29 is 9.32 Å². The molecule has 0 radical (unpaired) electrons. The van der Waals surface area contributed by atoms with Crippen molar-refractivity contribution in [2.24, 2.45) is 5.73 Å². The van der Waals surface area contributed by atoms with Gasteiger partial charge in [0.1, 0.15) is 0 Å². The number of hydrogen-bond acceptors (Lipinski definition) is 5. The zero-order valence-electron chi connectivity index (χ0n) is 8.06. The number of hydrogen-bond donors (Lipinski definition) is 2. The van der Waals surface area contributed by atoms with Gasteiger partial charge in [0.05, 0.1) is 12.6 Å². The quantitative estimate of drug-likeness (QED) is 0.684. The second kappa shape index (κ2) is 5.33.